The van der Waals surface area contributed by atoms with Gasteiger partial charge in [-0.15, -0.1) is 0 Å². The first-order chi connectivity index (χ1) is 35.4. The predicted octanol–water partition coefficient (Wildman–Crippen LogP) is 15.3. The number of amides is 2. The summed E-state index contributed by atoms with van der Waals surface area (Å²) in [5, 5.41) is 22.7. The van der Waals surface area contributed by atoms with E-state index in [2.05, 4.69) is 178 Å². The van der Waals surface area contributed by atoms with Gasteiger partial charge in [-0.2, -0.15) is 0 Å². The average molecular weight is 1240 g/mol. The van der Waals surface area contributed by atoms with Gasteiger partial charge in [0.2, 0.25) is 0 Å². The Kier molecular flexibility index (Phi) is 15.5. The highest BCUT2D eigenvalue weighted by molar-refractivity contribution is 14.1. The van der Waals surface area contributed by atoms with Crippen LogP contribution in [0.5, 0.6) is 0 Å². The molecule has 0 aliphatic carbocycles. The lowest BCUT2D eigenvalue weighted by Crippen LogP contribution is -2.32. The number of nitrogens with zero attached hydrogens (tertiary/aromatic N) is 2. The lowest BCUT2D eigenvalue weighted by Gasteiger charge is -2.15. The topological polar surface area (TPSA) is 182 Å². The van der Waals surface area contributed by atoms with Crippen molar-refractivity contribution in [2.45, 2.75) is 51.4 Å². The fourth-order valence-corrected chi connectivity index (χ4v) is 11.2. The third kappa shape index (κ3) is 12.4. The minimum atomic E-state index is -1.40. The molecule has 3 aromatic heterocycles. The fourth-order valence-electron chi connectivity index (χ4n) is 8.64. The third-order valence-corrected chi connectivity index (χ3v) is 17.3. The largest absolute Gasteiger partial charge is 0.450 e. The number of H-pyrrole nitrogens is 2. The number of benzene rings is 4. The Bertz CT molecular complexity index is 3350. The molecule has 5 heterocycles. The molecule has 74 heavy (non-hydrogen) atoms. The van der Waals surface area contributed by atoms with Crippen LogP contribution in [0.4, 0.5) is 9.59 Å². The lowest BCUT2D eigenvalue weighted by molar-refractivity contribution is 0.156. The third-order valence-electron chi connectivity index (χ3n) is 12.5. The standard InChI is InChI=1S/C58H56I2N8O4Si2/c1-73(2,3)31-29-71-57(69)67-55(61)37-17-13-35(14-18-37)51-43-21-25-47(63-43)53(39-9-7-11-41(59)33-39)49-27-23-45(65-49)52(36-15-19-38(20-16-36)56(62)68-58(70)72-30-32-74(4,5)6)46-24-28-50(66-46)54(48-26-22-44(51)64-48)40-10-8-12-42(60)34-40/h7-28,33-34,63,66H,29-32H2,1-6H3,(H2,61,67,69)(H2,62,68,70). The van der Waals surface area contributed by atoms with E-state index >= 15 is 0 Å². The summed E-state index contributed by atoms with van der Waals surface area (Å²) in [6.45, 7) is 14.0. The quantitative estimate of drug-likeness (QED) is 0.0306. The van der Waals surface area contributed by atoms with Gasteiger partial charge in [0.1, 0.15) is 11.7 Å². The zero-order chi connectivity index (χ0) is 52.3. The minimum Gasteiger partial charge on any atom is -0.450 e. The molecule has 2 aliphatic heterocycles. The molecule has 2 amide bonds. The fraction of sp³-hybridized carbons (Fsp3) is 0.172. The molecule has 374 valence electrons. The first-order valence-electron chi connectivity index (χ1n) is 24.3. The summed E-state index contributed by atoms with van der Waals surface area (Å²) in [6, 6.07) is 41.8. The van der Waals surface area contributed by atoms with Crippen LogP contribution in [0.2, 0.25) is 51.4 Å². The summed E-state index contributed by atoms with van der Waals surface area (Å²) < 4.78 is 13.0. The smallest absolute Gasteiger partial charge is 0.412 e. The van der Waals surface area contributed by atoms with E-state index in [1.165, 1.54) is 0 Å². The number of aromatic nitrogens is 4. The van der Waals surface area contributed by atoms with Crippen LogP contribution in [0.15, 0.2) is 121 Å². The average Bonchev–Trinajstić information content (AvgIpc) is 4.20. The summed E-state index contributed by atoms with van der Waals surface area (Å²) in [7, 11) is -2.80. The van der Waals surface area contributed by atoms with Gasteiger partial charge in [0.05, 0.1) is 36.0 Å². The highest BCUT2D eigenvalue weighted by Crippen LogP contribution is 2.39. The summed E-state index contributed by atoms with van der Waals surface area (Å²) in [5.41, 5.74) is 14.6. The molecular weight excluding hydrogens is 1180 g/mol. The zero-order valence-electron chi connectivity index (χ0n) is 42.0. The Morgan fingerprint density at radius 1 is 0.486 bits per heavy atom. The number of ether oxygens (including phenoxy) is 2. The molecule has 12 nitrogen and oxygen atoms in total. The van der Waals surface area contributed by atoms with Crippen LogP contribution < -0.4 is 10.6 Å². The monoisotopic (exact) mass is 1240 g/mol. The van der Waals surface area contributed by atoms with Crippen molar-refractivity contribution < 1.29 is 19.1 Å². The van der Waals surface area contributed by atoms with Gasteiger partial charge in [0.15, 0.2) is 0 Å². The molecule has 0 saturated carbocycles. The van der Waals surface area contributed by atoms with Crippen molar-refractivity contribution in [3.8, 4) is 44.5 Å². The van der Waals surface area contributed by atoms with Crippen molar-refractivity contribution in [2.75, 3.05) is 13.2 Å². The van der Waals surface area contributed by atoms with E-state index in [0.717, 1.165) is 109 Å². The van der Waals surface area contributed by atoms with E-state index in [1.54, 1.807) is 0 Å². The predicted molar refractivity (Wildman–Crippen MR) is 325 cm³/mol. The van der Waals surface area contributed by atoms with Crippen molar-refractivity contribution in [1.29, 1.82) is 10.8 Å². The van der Waals surface area contributed by atoms with Crippen LogP contribution in [-0.4, -0.2) is 73.2 Å². The van der Waals surface area contributed by atoms with Gasteiger partial charge in [-0.1, -0.05) is 112 Å². The summed E-state index contributed by atoms with van der Waals surface area (Å²) in [6.07, 6.45) is 6.92. The number of hydrogen-bond acceptors (Lipinski definition) is 8. The maximum absolute atomic E-state index is 12.7. The Labute approximate surface area is 459 Å². The van der Waals surface area contributed by atoms with Crippen LogP contribution >= 0.6 is 45.2 Å². The number of hydrogen-bond donors (Lipinski definition) is 6. The number of alkyl carbamates (subject to hydrolysis) is 2. The molecule has 9 rings (SSSR count). The second kappa shape index (κ2) is 22.0. The minimum absolute atomic E-state index is 0.0500. The molecule has 0 saturated heterocycles. The molecule has 0 atom stereocenters. The van der Waals surface area contributed by atoms with E-state index in [-0.39, 0.29) is 11.7 Å². The Hall–Kier alpha value is -6.75. The molecule has 6 N–H and O–H groups in total. The van der Waals surface area contributed by atoms with Crippen molar-refractivity contribution in [1.82, 2.24) is 30.6 Å². The highest BCUT2D eigenvalue weighted by Gasteiger charge is 2.21. The highest BCUT2D eigenvalue weighted by atomic mass is 127. The number of halogens is 2. The molecule has 4 aromatic carbocycles. The van der Waals surface area contributed by atoms with Crippen molar-refractivity contribution >= 4 is 132 Å². The Balaban J connectivity index is 1.22. The summed E-state index contributed by atoms with van der Waals surface area (Å²) in [5.74, 6) is -0.0999. The molecule has 0 spiro atoms. The second-order valence-electron chi connectivity index (χ2n) is 20.6. The maximum atomic E-state index is 12.7. The van der Waals surface area contributed by atoms with Crippen LogP contribution in [0, 0.1) is 18.0 Å². The van der Waals surface area contributed by atoms with Crippen molar-refractivity contribution in [3.63, 3.8) is 0 Å². The number of fused-ring (bicyclic) bond motifs is 8. The number of rotatable bonds is 12. The van der Waals surface area contributed by atoms with E-state index in [9.17, 15) is 9.59 Å². The van der Waals surface area contributed by atoms with Gasteiger partial charge in [0.25, 0.3) is 0 Å². The van der Waals surface area contributed by atoms with Gasteiger partial charge in [0, 0.05) is 78.7 Å². The molecule has 8 bridgehead atoms. The molecule has 2 aliphatic rings. The van der Waals surface area contributed by atoms with Gasteiger partial charge in [-0.3, -0.25) is 21.5 Å². The lowest BCUT2D eigenvalue weighted by atomic mass is 10.0. The van der Waals surface area contributed by atoms with Crippen LogP contribution in [0.25, 0.3) is 90.9 Å². The second-order valence-corrected chi connectivity index (χ2v) is 34.3. The van der Waals surface area contributed by atoms with Gasteiger partial charge < -0.3 is 19.4 Å². The zero-order valence-corrected chi connectivity index (χ0v) is 48.3. The van der Waals surface area contributed by atoms with Crippen LogP contribution in [0.1, 0.15) is 33.9 Å². The number of carbonyl (C=O) groups is 2. The first kappa shape index (κ1) is 52.1. The number of aromatic amines is 2. The normalized spacial score (nSPS) is 12.1. The molecule has 7 aromatic rings. The van der Waals surface area contributed by atoms with E-state index in [4.69, 9.17) is 30.3 Å². The SMILES string of the molecule is C[Si](C)(C)CCOC(=O)NC(=N)c1ccc(-c2c3nc(c(-c4cccc(I)c4)c4ccc([nH]4)c(-c4ccc(C(=N)NC(=O)OCC[Si](C)(C)C)cc4)c4nc(c(-c5cccc(I)c5)c5ccc2[nH]5)C=C4)C=C3)cc1. The van der Waals surface area contributed by atoms with E-state index in [0.29, 0.717) is 24.3 Å². The maximum Gasteiger partial charge on any atom is 0.412 e. The van der Waals surface area contributed by atoms with Crippen molar-refractivity contribution in [3.05, 3.63) is 162 Å². The van der Waals surface area contributed by atoms with E-state index < -0.39 is 28.3 Å². The van der Waals surface area contributed by atoms with E-state index in [1.807, 2.05) is 72.8 Å². The summed E-state index contributed by atoms with van der Waals surface area (Å²) in [4.78, 5) is 43.8. The summed E-state index contributed by atoms with van der Waals surface area (Å²) >= 11 is 4.69. The molecular formula is C58H56I2N8O4Si2. The molecule has 16 heteroatoms. The first-order valence-corrected chi connectivity index (χ1v) is 33.9. The number of nitrogens with one attached hydrogen (secondary N) is 6. The van der Waals surface area contributed by atoms with Gasteiger partial charge >= 0.3 is 12.2 Å². The van der Waals surface area contributed by atoms with Crippen molar-refractivity contribution in [2.24, 2.45) is 0 Å². The molecule has 0 fully saturated rings. The Morgan fingerprint density at radius 2 is 0.811 bits per heavy atom. The number of carbonyl (C=O) groups excluding carboxylic acids is 2. The Morgan fingerprint density at radius 3 is 1.12 bits per heavy atom. The number of amidine groups is 2. The molecule has 0 radical (unpaired) electrons. The van der Waals surface area contributed by atoms with Gasteiger partial charge in [-0.25, -0.2) is 19.6 Å². The van der Waals surface area contributed by atoms with Gasteiger partial charge in [-0.05, 0) is 152 Å². The van der Waals surface area contributed by atoms with Crippen LogP contribution in [0.3, 0.4) is 0 Å². The molecule has 0 unspecified atom stereocenters. The van der Waals surface area contributed by atoms with Crippen LogP contribution in [-0.2, 0) is 9.47 Å².